The highest BCUT2D eigenvalue weighted by Crippen LogP contribution is 2.30. The van der Waals surface area contributed by atoms with Gasteiger partial charge in [-0.2, -0.15) is 0 Å². The average molecular weight is 542 g/mol. The molecule has 12 nitrogen and oxygen atoms in total. The fraction of sp³-hybridized carbons (Fsp3) is 0.615. The Kier molecular flexibility index (Phi) is 15.2. The van der Waals surface area contributed by atoms with Gasteiger partial charge in [0.1, 0.15) is 24.9 Å². The molecular weight excluding hydrogens is 502 g/mol. The molecule has 3 atom stereocenters. The zero-order valence-corrected chi connectivity index (χ0v) is 22.7. The minimum absolute atomic E-state index is 0.00553. The standard InChI is InChI=1S/C26H39NO11/c1-6-9-17(4)35-26(31)36-18(5)16-34-23(28)20(27)14-19-10-11-21(37-24(29)32-12-7-2)22(15-19)38-25(30)33-13-8-3/h10-11,15,17-18,20H,6-9,12-14,16,27H2,1-5H3/t17?,18-,20-/m0/s1. The minimum atomic E-state index is -1.08. The highest BCUT2D eigenvalue weighted by Gasteiger charge is 2.22. The molecule has 0 aromatic heterocycles. The molecule has 0 aliphatic heterocycles. The maximum Gasteiger partial charge on any atom is 0.513 e. The molecule has 1 unspecified atom stereocenters. The Morgan fingerprint density at radius 1 is 0.763 bits per heavy atom. The normalized spacial score (nSPS) is 12.9. The molecule has 0 heterocycles. The summed E-state index contributed by atoms with van der Waals surface area (Å²) in [6.07, 6.45) is -1.07. The first-order valence-corrected chi connectivity index (χ1v) is 12.7. The lowest BCUT2D eigenvalue weighted by Gasteiger charge is -2.18. The highest BCUT2D eigenvalue weighted by molar-refractivity contribution is 5.76. The van der Waals surface area contributed by atoms with Crippen LogP contribution < -0.4 is 15.2 Å². The summed E-state index contributed by atoms with van der Waals surface area (Å²) in [7, 11) is 0. The lowest BCUT2D eigenvalue weighted by atomic mass is 10.1. The van der Waals surface area contributed by atoms with E-state index in [1.54, 1.807) is 19.9 Å². The molecule has 0 amide bonds. The number of esters is 1. The van der Waals surface area contributed by atoms with Gasteiger partial charge in [0, 0.05) is 0 Å². The van der Waals surface area contributed by atoms with Crippen molar-refractivity contribution in [3.8, 4) is 11.5 Å². The number of nitrogens with two attached hydrogens (primary N) is 1. The van der Waals surface area contributed by atoms with Crippen LogP contribution in [0.1, 0.15) is 65.9 Å². The quantitative estimate of drug-likeness (QED) is 0.186. The van der Waals surface area contributed by atoms with E-state index in [0.717, 1.165) is 6.42 Å². The number of hydrogen-bond donors (Lipinski definition) is 1. The molecule has 2 N–H and O–H groups in total. The van der Waals surface area contributed by atoms with Gasteiger partial charge in [0.25, 0.3) is 0 Å². The number of ether oxygens (including phenoxy) is 7. The van der Waals surface area contributed by atoms with Crippen LogP contribution in [0.3, 0.4) is 0 Å². The van der Waals surface area contributed by atoms with Gasteiger partial charge in [0.05, 0.1) is 13.2 Å². The third-order valence-corrected chi connectivity index (χ3v) is 4.75. The van der Waals surface area contributed by atoms with Gasteiger partial charge < -0.3 is 38.9 Å². The molecule has 0 aliphatic rings. The zero-order chi connectivity index (χ0) is 28.5. The van der Waals surface area contributed by atoms with E-state index in [1.807, 2.05) is 20.8 Å². The van der Waals surface area contributed by atoms with Crippen molar-refractivity contribution in [2.24, 2.45) is 5.73 Å². The Morgan fingerprint density at radius 2 is 1.34 bits per heavy atom. The summed E-state index contributed by atoms with van der Waals surface area (Å²) < 4.78 is 35.4. The van der Waals surface area contributed by atoms with Gasteiger partial charge in [-0.25, -0.2) is 14.4 Å². The lowest BCUT2D eigenvalue weighted by Crippen LogP contribution is -2.36. The van der Waals surface area contributed by atoms with Crippen molar-refractivity contribution in [3.05, 3.63) is 23.8 Å². The van der Waals surface area contributed by atoms with Crippen molar-refractivity contribution in [3.63, 3.8) is 0 Å². The first kappa shape index (κ1) is 32.5. The monoisotopic (exact) mass is 541 g/mol. The van der Waals surface area contributed by atoms with Crippen molar-refractivity contribution in [1.29, 1.82) is 0 Å². The van der Waals surface area contributed by atoms with Crippen molar-refractivity contribution >= 4 is 24.4 Å². The molecule has 0 radical (unpaired) electrons. The van der Waals surface area contributed by atoms with E-state index < -0.39 is 36.6 Å². The second-order valence-electron chi connectivity index (χ2n) is 8.52. The summed E-state index contributed by atoms with van der Waals surface area (Å²) in [6.45, 7) is 9.01. The Balaban J connectivity index is 2.76. The van der Waals surface area contributed by atoms with Gasteiger partial charge in [-0.1, -0.05) is 33.3 Å². The molecule has 1 aromatic carbocycles. The van der Waals surface area contributed by atoms with E-state index in [0.29, 0.717) is 24.8 Å². The van der Waals surface area contributed by atoms with Gasteiger partial charge in [-0.15, -0.1) is 0 Å². The summed E-state index contributed by atoms with van der Waals surface area (Å²) in [5.41, 5.74) is 6.47. The second kappa shape index (κ2) is 17.8. The number of carbonyl (C=O) groups is 4. The van der Waals surface area contributed by atoms with E-state index in [2.05, 4.69) is 0 Å². The Bertz CT molecular complexity index is 905. The maximum absolute atomic E-state index is 12.4. The minimum Gasteiger partial charge on any atom is -0.461 e. The largest absolute Gasteiger partial charge is 0.513 e. The van der Waals surface area contributed by atoms with E-state index in [1.165, 1.54) is 12.1 Å². The maximum atomic E-state index is 12.4. The first-order valence-electron chi connectivity index (χ1n) is 12.7. The molecule has 214 valence electrons. The molecule has 1 rings (SSSR count). The second-order valence-corrected chi connectivity index (χ2v) is 8.52. The molecular formula is C26H39NO11. The molecule has 0 fully saturated rings. The van der Waals surface area contributed by atoms with Crippen molar-refractivity contribution in [2.45, 2.75) is 85.0 Å². The fourth-order valence-electron chi connectivity index (χ4n) is 2.95. The smallest absolute Gasteiger partial charge is 0.461 e. The van der Waals surface area contributed by atoms with Crippen molar-refractivity contribution < 1.29 is 52.3 Å². The summed E-state index contributed by atoms with van der Waals surface area (Å²) in [5, 5.41) is 0. The van der Waals surface area contributed by atoms with E-state index >= 15 is 0 Å². The summed E-state index contributed by atoms with van der Waals surface area (Å²) in [4.78, 5) is 48.0. The van der Waals surface area contributed by atoms with Crippen LogP contribution >= 0.6 is 0 Å². The van der Waals surface area contributed by atoms with E-state index in [-0.39, 0.29) is 43.8 Å². The first-order chi connectivity index (χ1) is 18.1. The highest BCUT2D eigenvalue weighted by atomic mass is 16.7. The van der Waals surface area contributed by atoms with Crippen LogP contribution in [0.5, 0.6) is 11.5 Å². The van der Waals surface area contributed by atoms with Crippen LogP contribution in [-0.4, -0.2) is 62.5 Å². The Morgan fingerprint density at radius 3 is 1.92 bits per heavy atom. The van der Waals surface area contributed by atoms with Gasteiger partial charge in [-0.05, 0) is 57.2 Å². The third-order valence-electron chi connectivity index (χ3n) is 4.75. The van der Waals surface area contributed by atoms with Crippen LogP contribution in [0.25, 0.3) is 0 Å². The van der Waals surface area contributed by atoms with Crippen LogP contribution in [0.2, 0.25) is 0 Å². The summed E-state index contributed by atoms with van der Waals surface area (Å²) in [5.74, 6) is -0.928. The van der Waals surface area contributed by atoms with Crippen molar-refractivity contribution in [1.82, 2.24) is 0 Å². The molecule has 0 saturated heterocycles. The van der Waals surface area contributed by atoms with E-state index in [9.17, 15) is 19.2 Å². The van der Waals surface area contributed by atoms with Crippen LogP contribution in [-0.2, 0) is 34.9 Å². The number of benzene rings is 1. The molecule has 0 saturated carbocycles. The molecule has 0 aliphatic carbocycles. The van der Waals surface area contributed by atoms with Crippen LogP contribution in [0, 0.1) is 0 Å². The molecule has 0 spiro atoms. The predicted molar refractivity (Wildman–Crippen MR) is 135 cm³/mol. The predicted octanol–water partition coefficient (Wildman–Crippen LogP) is 4.68. The molecule has 0 bridgehead atoms. The van der Waals surface area contributed by atoms with Crippen molar-refractivity contribution in [2.75, 3.05) is 19.8 Å². The van der Waals surface area contributed by atoms with Gasteiger partial charge >= 0.3 is 24.4 Å². The van der Waals surface area contributed by atoms with Gasteiger partial charge in [-0.3, -0.25) is 4.79 Å². The lowest BCUT2D eigenvalue weighted by molar-refractivity contribution is -0.148. The zero-order valence-electron chi connectivity index (χ0n) is 22.7. The third kappa shape index (κ3) is 13.1. The molecule has 1 aromatic rings. The summed E-state index contributed by atoms with van der Waals surface area (Å²) in [6, 6.07) is 3.23. The van der Waals surface area contributed by atoms with Crippen LogP contribution in [0.15, 0.2) is 18.2 Å². The number of hydrogen-bond acceptors (Lipinski definition) is 12. The Labute approximate surface area is 223 Å². The molecule has 12 heteroatoms. The van der Waals surface area contributed by atoms with Gasteiger partial charge in [0.15, 0.2) is 11.5 Å². The van der Waals surface area contributed by atoms with Gasteiger partial charge in [0.2, 0.25) is 0 Å². The van der Waals surface area contributed by atoms with E-state index in [4.69, 9.17) is 38.9 Å². The topological polar surface area (TPSA) is 159 Å². The number of carbonyl (C=O) groups excluding carboxylic acids is 4. The fourth-order valence-corrected chi connectivity index (χ4v) is 2.95. The SMILES string of the molecule is CCCOC(=O)Oc1ccc(C[C@H](N)C(=O)OC[C@H](C)OC(=O)OC(C)CCC)cc1OC(=O)OCCC. The summed E-state index contributed by atoms with van der Waals surface area (Å²) >= 11 is 0. The van der Waals surface area contributed by atoms with Crippen LogP contribution in [0.4, 0.5) is 14.4 Å². The molecule has 38 heavy (non-hydrogen) atoms. The number of rotatable bonds is 15. The average Bonchev–Trinajstić information content (AvgIpc) is 2.86. The Hall–Kier alpha value is -3.54.